The minimum absolute atomic E-state index is 0.0150. The first-order chi connectivity index (χ1) is 8.83. The molecule has 3 heterocycles. The van der Waals surface area contributed by atoms with Crippen LogP contribution in [0.1, 0.15) is 25.1 Å². The predicted molar refractivity (Wildman–Crippen MR) is 69.8 cm³/mol. The van der Waals surface area contributed by atoms with Gasteiger partial charge in [-0.2, -0.15) is 5.10 Å². The molecule has 1 fully saturated rings. The van der Waals surface area contributed by atoms with Crippen molar-refractivity contribution in [2.75, 3.05) is 19.6 Å². The Kier molecular flexibility index (Phi) is 3.15. The van der Waals surface area contributed by atoms with E-state index in [0.29, 0.717) is 0 Å². The maximum atomic E-state index is 11.2. The van der Waals surface area contributed by atoms with E-state index in [1.165, 1.54) is 32.4 Å². The monoisotopic (exact) mass is 246 g/mol. The minimum Gasteiger partial charge on any atom is -0.303 e. The fourth-order valence-electron chi connectivity index (χ4n) is 2.59. The van der Waals surface area contributed by atoms with Gasteiger partial charge in [-0.15, -0.1) is 0 Å². The summed E-state index contributed by atoms with van der Waals surface area (Å²) in [5.41, 5.74) is 0.789. The van der Waals surface area contributed by atoms with E-state index in [1.54, 1.807) is 18.3 Å². The minimum atomic E-state index is 0.0150. The van der Waals surface area contributed by atoms with E-state index in [4.69, 9.17) is 0 Å². The molecule has 0 spiro atoms. The maximum absolute atomic E-state index is 11.2. The molecule has 1 N–H and O–H groups in total. The normalized spacial score (nSPS) is 17.3. The highest BCUT2D eigenvalue weighted by Crippen LogP contribution is 2.09. The molecule has 96 valence electrons. The maximum Gasteiger partial charge on any atom is 0.183 e. The number of rotatable bonds is 3. The zero-order valence-corrected chi connectivity index (χ0v) is 10.4. The van der Waals surface area contributed by atoms with Gasteiger partial charge < -0.3 is 4.90 Å². The van der Waals surface area contributed by atoms with Gasteiger partial charge in [0.1, 0.15) is 11.5 Å². The number of nitrogens with one attached hydrogen (secondary N) is 1. The summed E-state index contributed by atoms with van der Waals surface area (Å²) in [4.78, 5) is 13.7. The number of likely N-dealkylation sites (tertiary alicyclic amines) is 1. The summed E-state index contributed by atoms with van der Waals surface area (Å²) in [6.45, 7) is 3.46. The average Bonchev–Trinajstić information content (AvgIpc) is 2.80. The highest BCUT2D eigenvalue weighted by molar-refractivity contribution is 5.37. The van der Waals surface area contributed by atoms with E-state index in [2.05, 4.69) is 15.1 Å². The van der Waals surface area contributed by atoms with Crippen LogP contribution in [0.15, 0.2) is 23.1 Å². The first kappa shape index (κ1) is 11.5. The molecule has 2 aromatic rings. The van der Waals surface area contributed by atoms with Crippen molar-refractivity contribution in [1.82, 2.24) is 19.5 Å². The highest BCUT2D eigenvalue weighted by atomic mass is 16.1. The molecule has 5 heteroatoms. The summed E-state index contributed by atoms with van der Waals surface area (Å²) in [5.74, 6) is 0.996. The van der Waals surface area contributed by atoms with E-state index in [0.717, 1.165) is 24.4 Å². The van der Waals surface area contributed by atoms with Gasteiger partial charge in [-0.05, 0) is 25.9 Å². The van der Waals surface area contributed by atoms with Crippen molar-refractivity contribution in [3.05, 3.63) is 34.4 Å². The van der Waals surface area contributed by atoms with Gasteiger partial charge in [0.2, 0.25) is 0 Å². The molecule has 3 rings (SSSR count). The highest BCUT2D eigenvalue weighted by Gasteiger charge is 2.11. The van der Waals surface area contributed by atoms with Crippen LogP contribution in [0, 0.1) is 0 Å². The van der Waals surface area contributed by atoms with Crippen LogP contribution < -0.4 is 5.43 Å². The third-order valence-corrected chi connectivity index (χ3v) is 3.60. The van der Waals surface area contributed by atoms with Crippen molar-refractivity contribution >= 4 is 5.65 Å². The van der Waals surface area contributed by atoms with Crippen molar-refractivity contribution < 1.29 is 0 Å². The van der Waals surface area contributed by atoms with Gasteiger partial charge in [-0.3, -0.25) is 14.3 Å². The first-order valence-corrected chi connectivity index (χ1v) is 6.61. The molecule has 5 nitrogen and oxygen atoms in total. The van der Waals surface area contributed by atoms with Crippen LogP contribution in [0.25, 0.3) is 5.65 Å². The molecule has 18 heavy (non-hydrogen) atoms. The molecule has 0 aromatic carbocycles. The lowest BCUT2D eigenvalue weighted by Crippen LogP contribution is -2.31. The van der Waals surface area contributed by atoms with E-state index in [1.807, 2.05) is 4.40 Å². The number of H-pyrrole nitrogens is 1. The van der Waals surface area contributed by atoms with Gasteiger partial charge >= 0.3 is 0 Å². The summed E-state index contributed by atoms with van der Waals surface area (Å²) in [5, 5.41) is 7.20. The number of pyridine rings is 1. The lowest BCUT2D eigenvalue weighted by atomic mass is 10.1. The second-order valence-corrected chi connectivity index (χ2v) is 4.91. The van der Waals surface area contributed by atoms with Gasteiger partial charge in [0.25, 0.3) is 0 Å². The molecular formula is C13H18N4O. The lowest BCUT2D eigenvalue weighted by molar-refractivity contribution is 0.230. The SMILES string of the molecule is O=c1ccn2c(CCN3CCCCC3)n[nH]c2c1. The largest absolute Gasteiger partial charge is 0.303 e. The number of fused-ring (bicyclic) bond motifs is 1. The fourth-order valence-corrected chi connectivity index (χ4v) is 2.59. The Labute approximate surface area is 105 Å². The summed E-state index contributed by atoms with van der Waals surface area (Å²) >= 11 is 0. The molecular weight excluding hydrogens is 228 g/mol. The number of piperidine rings is 1. The molecule has 0 amide bonds. The fraction of sp³-hybridized carbons (Fsp3) is 0.538. The van der Waals surface area contributed by atoms with E-state index in [-0.39, 0.29) is 5.43 Å². The predicted octanol–water partition coefficient (Wildman–Crippen LogP) is 1.05. The topological polar surface area (TPSA) is 53.4 Å². The van der Waals surface area contributed by atoms with Crippen LogP contribution in [0.5, 0.6) is 0 Å². The average molecular weight is 246 g/mol. The molecule has 1 saturated heterocycles. The smallest absolute Gasteiger partial charge is 0.183 e. The third kappa shape index (κ3) is 2.31. The summed E-state index contributed by atoms with van der Waals surface area (Å²) < 4.78 is 1.96. The van der Waals surface area contributed by atoms with E-state index in [9.17, 15) is 4.79 Å². The second-order valence-electron chi connectivity index (χ2n) is 4.91. The van der Waals surface area contributed by atoms with Crippen LogP contribution in [-0.4, -0.2) is 39.1 Å². The zero-order valence-electron chi connectivity index (χ0n) is 10.4. The Hall–Kier alpha value is -1.62. The number of nitrogens with zero attached hydrogens (tertiary/aromatic N) is 3. The van der Waals surface area contributed by atoms with Gasteiger partial charge in [-0.25, -0.2) is 0 Å². The third-order valence-electron chi connectivity index (χ3n) is 3.60. The number of hydrogen-bond donors (Lipinski definition) is 1. The van der Waals surface area contributed by atoms with Crippen molar-refractivity contribution in [3.8, 4) is 0 Å². The Balaban J connectivity index is 1.72. The standard InChI is InChI=1S/C13H18N4O/c18-11-4-9-17-12(14-15-13(17)10-11)5-8-16-6-2-1-3-7-16/h4,9-10,15H,1-3,5-8H2. The molecule has 1 aliphatic rings. The van der Waals surface area contributed by atoms with Crippen molar-refractivity contribution in [2.24, 2.45) is 0 Å². The van der Waals surface area contributed by atoms with Crippen LogP contribution in [0.3, 0.4) is 0 Å². The molecule has 0 radical (unpaired) electrons. The number of aromatic amines is 1. The molecule has 1 aliphatic heterocycles. The Morgan fingerprint density at radius 3 is 2.94 bits per heavy atom. The van der Waals surface area contributed by atoms with Crippen molar-refractivity contribution in [1.29, 1.82) is 0 Å². The van der Waals surface area contributed by atoms with Crippen LogP contribution in [0.4, 0.5) is 0 Å². The lowest BCUT2D eigenvalue weighted by Gasteiger charge is -2.25. The van der Waals surface area contributed by atoms with Crippen molar-refractivity contribution in [3.63, 3.8) is 0 Å². The van der Waals surface area contributed by atoms with E-state index < -0.39 is 0 Å². The Morgan fingerprint density at radius 2 is 2.11 bits per heavy atom. The zero-order chi connectivity index (χ0) is 12.4. The summed E-state index contributed by atoms with van der Waals surface area (Å²) in [6, 6.07) is 3.16. The molecule has 0 bridgehead atoms. The van der Waals surface area contributed by atoms with Crippen LogP contribution in [-0.2, 0) is 6.42 Å². The molecule has 2 aromatic heterocycles. The van der Waals surface area contributed by atoms with Gasteiger partial charge in [0.15, 0.2) is 5.43 Å². The number of hydrogen-bond acceptors (Lipinski definition) is 3. The van der Waals surface area contributed by atoms with E-state index >= 15 is 0 Å². The second kappa shape index (κ2) is 4.94. The Bertz CT molecular complexity index is 580. The summed E-state index contributed by atoms with van der Waals surface area (Å²) in [6.07, 6.45) is 6.71. The summed E-state index contributed by atoms with van der Waals surface area (Å²) in [7, 11) is 0. The molecule has 0 atom stereocenters. The Morgan fingerprint density at radius 1 is 1.28 bits per heavy atom. The first-order valence-electron chi connectivity index (χ1n) is 6.61. The van der Waals surface area contributed by atoms with Crippen LogP contribution in [0.2, 0.25) is 0 Å². The molecule has 0 saturated carbocycles. The molecule has 0 unspecified atom stereocenters. The van der Waals surface area contributed by atoms with Gasteiger partial charge in [-0.1, -0.05) is 6.42 Å². The quantitative estimate of drug-likeness (QED) is 0.880. The van der Waals surface area contributed by atoms with Gasteiger partial charge in [0, 0.05) is 31.3 Å². The van der Waals surface area contributed by atoms with Crippen LogP contribution >= 0.6 is 0 Å². The van der Waals surface area contributed by atoms with Gasteiger partial charge in [0.05, 0.1) is 0 Å². The molecule has 0 aliphatic carbocycles. The van der Waals surface area contributed by atoms with Crippen molar-refractivity contribution in [2.45, 2.75) is 25.7 Å². The number of aromatic nitrogens is 3.